The van der Waals surface area contributed by atoms with E-state index in [0.29, 0.717) is 12.6 Å². The molecule has 0 atom stereocenters. The number of anilines is 4. The predicted molar refractivity (Wildman–Crippen MR) is 298 cm³/mol. The topological polar surface area (TPSA) is 33.5 Å². The molecule has 0 N–H and O–H groups in total. The van der Waals surface area contributed by atoms with Crippen molar-refractivity contribution >= 4 is 44.6 Å². The van der Waals surface area contributed by atoms with Crippen molar-refractivity contribution < 1.29 is 9.13 Å². The molecular formula is C65H67FN4O. The minimum Gasteiger partial charge on any atom is -0.457 e. The molecule has 1 aliphatic rings. The van der Waals surface area contributed by atoms with Gasteiger partial charge in [-0.25, -0.2) is 9.37 Å². The highest BCUT2D eigenvalue weighted by Crippen LogP contribution is 2.52. The SMILES string of the molecule is CC(C)c1cc(C(C)C)c(-c2cc(Oc3ccc4c5ccccc5n(-c5cc(C(C)(C)C)ccn5)c4c3)cc(N3CN(c4c(-c5ccc(F)cc5)cccc4C(C)(C)C)c4ccccc43)c2)c(C(C)C)c1. The third kappa shape index (κ3) is 8.87. The Hall–Kier alpha value is -7.18. The molecule has 0 saturated carbocycles. The molecule has 71 heavy (non-hydrogen) atoms. The van der Waals surface area contributed by atoms with Crippen molar-refractivity contribution in [2.24, 2.45) is 0 Å². The molecular weight excluding hydrogens is 872 g/mol. The standard InChI is InChI=1S/C65H67FN4O/c1-40(2)44-34-54(41(3)4)62(55(35-44)42(5)6)45-32-48(68-39-69(59-23-16-15-22-58(59)68)63-51(43-24-26-47(66)27-25-43)19-17-20-56(63)65(10,11)12)37-50(33-45)71-49-28-29-53-52-18-13-14-21-57(52)70(60(53)38-49)61-36-46(30-31-67-61)64(7,8)9/h13-38,40-42H,39H2,1-12H3. The van der Waals surface area contributed by atoms with E-state index in [9.17, 15) is 4.39 Å². The lowest BCUT2D eigenvalue weighted by Gasteiger charge is -2.32. The number of nitrogens with zero attached hydrogens (tertiary/aromatic N) is 4. The largest absolute Gasteiger partial charge is 0.457 e. The molecule has 3 heterocycles. The fraction of sp³-hybridized carbons (Fsp3) is 0.277. The Morgan fingerprint density at radius 1 is 0.549 bits per heavy atom. The second-order valence-electron chi connectivity index (χ2n) is 22.5. The Morgan fingerprint density at radius 3 is 1.87 bits per heavy atom. The van der Waals surface area contributed by atoms with Crippen LogP contribution in [0.25, 0.3) is 49.9 Å². The fourth-order valence-electron chi connectivity index (χ4n) is 10.6. The summed E-state index contributed by atoms with van der Waals surface area (Å²) in [5, 5.41) is 2.31. The highest BCUT2D eigenvalue weighted by Gasteiger charge is 2.34. The van der Waals surface area contributed by atoms with Gasteiger partial charge in [0.15, 0.2) is 0 Å². The van der Waals surface area contributed by atoms with Crippen LogP contribution in [0.2, 0.25) is 0 Å². The first kappa shape index (κ1) is 47.5. The molecule has 5 nitrogen and oxygen atoms in total. The number of pyridine rings is 1. The van der Waals surface area contributed by atoms with Gasteiger partial charge in [0.2, 0.25) is 0 Å². The van der Waals surface area contributed by atoms with E-state index in [1.807, 2.05) is 18.3 Å². The maximum Gasteiger partial charge on any atom is 0.137 e. The average molecular weight is 939 g/mol. The van der Waals surface area contributed by atoms with Crippen molar-refractivity contribution in [1.29, 1.82) is 0 Å². The van der Waals surface area contributed by atoms with Gasteiger partial charge >= 0.3 is 0 Å². The number of aromatic nitrogens is 2. The number of fused-ring (bicyclic) bond motifs is 4. The van der Waals surface area contributed by atoms with Crippen molar-refractivity contribution in [3.05, 3.63) is 191 Å². The molecule has 0 fully saturated rings. The first-order valence-electron chi connectivity index (χ1n) is 25.4. The van der Waals surface area contributed by atoms with Crippen LogP contribution in [-0.4, -0.2) is 16.2 Å². The lowest BCUT2D eigenvalue weighted by Crippen LogP contribution is -2.27. The lowest BCUT2D eigenvalue weighted by atomic mass is 9.81. The Balaban J connectivity index is 1.17. The van der Waals surface area contributed by atoms with Crippen molar-refractivity contribution in [3.63, 3.8) is 0 Å². The van der Waals surface area contributed by atoms with Crippen LogP contribution in [0.4, 0.5) is 27.1 Å². The number of para-hydroxylation sites is 4. The molecule has 360 valence electrons. The van der Waals surface area contributed by atoms with Gasteiger partial charge in [0, 0.05) is 40.4 Å². The van der Waals surface area contributed by atoms with Crippen LogP contribution in [0.1, 0.15) is 129 Å². The zero-order valence-corrected chi connectivity index (χ0v) is 43.5. The molecule has 0 spiro atoms. The second-order valence-corrected chi connectivity index (χ2v) is 22.5. The summed E-state index contributed by atoms with van der Waals surface area (Å²) in [7, 11) is 0. The summed E-state index contributed by atoms with van der Waals surface area (Å²) >= 11 is 0. The molecule has 1 aliphatic heterocycles. The molecule has 0 amide bonds. The van der Waals surface area contributed by atoms with E-state index >= 15 is 0 Å². The summed E-state index contributed by atoms with van der Waals surface area (Å²) in [4.78, 5) is 9.84. The number of hydrogen-bond donors (Lipinski definition) is 0. The number of rotatable bonds is 10. The lowest BCUT2D eigenvalue weighted by molar-refractivity contribution is 0.483. The van der Waals surface area contributed by atoms with Crippen LogP contribution in [0.15, 0.2) is 158 Å². The van der Waals surface area contributed by atoms with Crippen LogP contribution in [0.5, 0.6) is 11.5 Å². The van der Waals surface area contributed by atoms with Gasteiger partial charge in [0.05, 0.1) is 28.1 Å². The number of benzene rings is 7. The van der Waals surface area contributed by atoms with Gasteiger partial charge in [-0.15, -0.1) is 0 Å². The summed E-state index contributed by atoms with van der Waals surface area (Å²) in [6, 6.07) is 53.3. The van der Waals surface area contributed by atoms with Crippen LogP contribution in [0.3, 0.4) is 0 Å². The van der Waals surface area contributed by atoms with Crippen molar-refractivity contribution in [2.45, 2.75) is 112 Å². The van der Waals surface area contributed by atoms with Gasteiger partial charge in [0.1, 0.15) is 29.8 Å². The Labute approximate surface area is 420 Å². The Kier molecular flexibility index (Phi) is 12.2. The third-order valence-corrected chi connectivity index (χ3v) is 14.4. The second kappa shape index (κ2) is 18.2. The summed E-state index contributed by atoms with van der Waals surface area (Å²) in [5.41, 5.74) is 17.2. The van der Waals surface area contributed by atoms with Gasteiger partial charge in [-0.05, 0) is 140 Å². The first-order chi connectivity index (χ1) is 33.8. The van der Waals surface area contributed by atoms with E-state index in [0.717, 1.165) is 73.2 Å². The summed E-state index contributed by atoms with van der Waals surface area (Å²) < 4.78 is 23.9. The van der Waals surface area contributed by atoms with Crippen molar-refractivity contribution in [2.75, 3.05) is 16.5 Å². The van der Waals surface area contributed by atoms with Crippen molar-refractivity contribution in [3.8, 4) is 39.6 Å². The molecule has 0 bridgehead atoms. The number of ether oxygens (including phenoxy) is 1. The van der Waals surface area contributed by atoms with Crippen LogP contribution in [-0.2, 0) is 10.8 Å². The molecule has 9 aromatic rings. The zero-order valence-electron chi connectivity index (χ0n) is 43.5. The van der Waals surface area contributed by atoms with E-state index < -0.39 is 0 Å². The van der Waals surface area contributed by atoms with E-state index in [-0.39, 0.29) is 28.5 Å². The summed E-state index contributed by atoms with van der Waals surface area (Å²) in [6.45, 7) is 27.9. The Morgan fingerprint density at radius 2 is 1.21 bits per heavy atom. The monoisotopic (exact) mass is 939 g/mol. The smallest absolute Gasteiger partial charge is 0.137 e. The zero-order chi connectivity index (χ0) is 50.1. The molecule has 0 radical (unpaired) electrons. The number of halogens is 1. The Bertz CT molecular complexity index is 3430. The molecule has 6 heteroatoms. The van der Waals surface area contributed by atoms with E-state index in [1.165, 1.54) is 38.8 Å². The van der Waals surface area contributed by atoms with Crippen LogP contribution >= 0.6 is 0 Å². The van der Waals surface area contributed by atoms with Gasteiger partial charge in [0.25, 0.3) is 0 Å². The third-order valence-electron chi connectivity index (χ3n) is 14.4. The van der Waals surface area contributed by atoms with Gasteiger partial charge < -0.3 is 14.5 Å². The number of hydrogen-bond acceptors (Lipinski definition) is 4. The quantitative estimate of drug-likeness (QED) is 0.137. The average Bonchev–Trinajstić information content (AvgIpc) is 3.89. The molecule has 7 aromatic carbocycles. The van der Waals surface area contributed by atoms with Gasteiger partial charge in [-0.2, -0.15) is 0 Å². The maximum absolute atomic E-state index is 14.4. The summed E-state index contributed by atoms with van der Waals surface area (Å²) in [6.07, 6.45) is 1.93. The van der Waals surface area contributed by atoms with Crippen LogP contribution < -0.4 is 14.5 Å². The highest BCUT2D eigenvalue weighted by atomic mass is 19.1. The molecule has 10 rings (SSSR count). The van der Waals surface area contributed by atoms with E-state index in [1.54, 1.807) is 12.1 Å². The maximum atomic E-state index is 14.4. The van der Waals surface area contributed by atoms with E-state index in [4.69, 9.17) is 9.72 Å². The van der Waals surface area contributed by atoms with Gasteiger partial charge in [-0.3, -0.25) is 4.57 Å². The summed E-state index contributed by atoms with van der Waals surface area (Å²) in [5.74, 6) is 3.09. The molecule has 0 saturated heterocycles. The minimum absolute atomic E-state index is 0.0405. The van der Waals surface area contributed by atoms with Gasteiger partial charge in [-0.1, -0.05) is 156 Å². The molecule has 2 aromatic heterocycles. The molecule has 0 unspecified atom stereocenters. The van der Waals surface area contributed by atoms with Crippen molar-refractivity contribution in [1.82, 2.24) is 9.55 Å². The fourth-order valence-corrected chi connectivity index (χ4v) is 10.6. The minimum atomic E-state index is -0.247. The first-order valence-corrected chi connectivity index (χ1v) is 25.4. The molecule has 0 aliphatic carbocycles. The normalized spacial score (nSPS) is 13.1. The van der Waals surface area contributed by atoms with E-state index in [2.05, 4.69) is 225 Å². The predicted octanol–water partition coefficient (Wildman–Crippen LogP) is 18.7. The van der Waals surface area contributed by atoms with Crippen LogP contribution in [0, 0.1) is 5.82 Å². The highest BCUT2D eigenvalue weighted by molar-refractivity contribution is 6.09.